The Labute approximate surface area is 131 Å². The quantitative estimate of drug-likeness (QED) is 0.680. The fraction of sp³-hybridized carbons (Fsp3) is 0.143. The van der Waals surface area contributed by atoms with E-state index in [1.807, 2.05) is 23.6 Å². The summed E-state index contributed by atoms with van der Waals surface area (Å²) in [6.45, 7) is 2.44. The van der Waals surface area contributed by atoms with E-state index in [2.05, 4.69) is 9.97 Å². The van der Waals surface area contributed by atoms with Gasteiger partial charge >= 0.3 is 0 Å². The van der Waals surface area contributed by atoms with E-state index >= 15 is 0 Å². The predicted octanol–water partition coefficient (Wildman–Crippen LogP) is 4.75. The van der Waals surface area contributed by atoms with Gasteiger partial charge in [0.1, 0.15) is 11.3 Å². The Morgan fingerprint density at radius 3 is 2.55 bits per heavy atom. The number of fused-ring (bicyclic) bond motifs is 1. The molecule has 2 heterocycles. The van der Waals surface area contributed by atoms with Gasteiger partial charge in [-0.1, -0.05) is 34.8 Å². The van der Waals surface area contributed by atoms with Crippen LogP contribution in [-0.4, -0.2) is 14.5 Å². The third-order valence-electron chi connectivity index (χ3n) is 3.12. The molecule has 20 heavy (non-hydrogen) atoms. The largest absolute Gasteiger partial charge is 0.308 e. The summed E-state index contributed by atoms with van der Waals surface area (Å²) in [5, 5.41) is 1.61. The highest BCUT2D eigenvalue weighted by Gasteiger charge is 2.13. The summed E-state index contributed by atoms with van der Waals surface area (Å²) in [6, 6.07) is 7.16. The minimum absolute atomic E-state index is 0.508. The standard InChI is InChI=1S/C14H10Cl3N3/c1-8-19-13-3-2-4-18-14(13)20(8)7-10-11(16)5-9(15)6-12(10)17/h2-6H,7H2,1H3. The SMILES string of the molecule is Cc1nc2cccnc2n1Cc1c(Cl)cc(Cl)cc1Cl. The minimum Gasteiger partial charge on any atom is -0.308 e. The maximum atomic E-state index is 6.23. The van der Waals surface area contributed by atoms with Gasteiger partial charge in [-0.05, 0) is 31.2 Å². The number of benzene rings is 1. The molecular formula is C14H10Cl3N3. The van der Waals surface area contributed by atoms with E-state index in [1.165, 1.54) is 0 Å². The van der Waals surface area contributed by atoms with Crippen LogP contribution in [0.25, 0.3) is 11.2 Å². The third-order valence-corrected chi connectivity index (χ3v) is 4.01. The molecule has 1 aromatic carbocycles. The monoisotopic (exact) mass is 325 g/mol. The zero-order chi connectivity index (χ0) is 14.3. The van der Waals surface area contributed by atoms with Crippen LogP contribution < -0.4 is 0 Å². The Kier molecular flexibility index (Phi) is 3.59. The summed E-state index contributed by atoms with van der Waals surface area (Å²) in [5.74, 6) is 0.862. The van der Waals surface area contributed by atoms with Crippen molar-refractivity contribution in [1.29, 1.82) is 0 Å². The van der Waals surface area contributed by atoms with Crippen LogP contribution >= 0.6 is 34.8 Å². The van der Waals surface area contributed by atoms with Crippen molar-refractivity contribution in [1.82, 2.24) is 14.5 Å². The highest BCUT2D eigenvalue weighted by molar-refractivity contribution is 6.39. The smallest absolute Gasteiger partial charge is 0.160 e. The maximum Gasteiger partial charge on any atom is 0.160 e. The molecule has 0 fully saturated rings. The van der Waals surface area contributed by atoms with Crippen LogP contribution in [-0.2, 0) is 6.54 Å². The summed E-state index contributed by atoms with van der Waals surface area (Å²) in [4.78, 5) is 8.84. The van der Waals surface area contributed by atoms with Crippen molar-refractivity contribution in [2.75, 3.05) is 0 Å². The first-order valence-corrected chi connectivity index (χ1v) is 7.11. The van der Waals surface area contributed by atoms with Gasteiger partial charge in [-0.15, -0.1) is 0 Å². The van der Waals surface area contributed by atoms with E-state index < -0.39 is 0 Å². The zero-order valence-corrected chi connectivity index (χ0v) is 12.8. The molecule has 3 nitrogen and oxygen atoms in total. The number of nitrogens with zero attached hydrogens (tertiary/aromatic N) is 3. The van der Waals surface area contributed by atoms with Crippen molar-refractivity contribution in [3.05, 3.63) is 56.9 Å². The molecule has 0 aliphatic heterocycles. The topological polar surface area (TPSA) is 30.7 Å². The number of aryl methyl sites for hydroxylation is 1. The molecule has 0 aliphatic rings. The normalized spacial score (nSPS) is 11.2. The van der Waals surface area contributed by atoms with E-state index in [-0.39, 0.29) is 0 Å². The molecule has 0 saturated carbocycles. The highest BCUT2D eigenvalue weighted by atomic mass is 35.5. The second-order valence-electron chi connectivity index (χ2n) is 4.44. The van der Waals surface area contributed by atoms with Crippen LogP contribution in [0.3, 0.4) is 0 Å². The number of hydrogen-bond donors (Lipinski definition) is 0. The summed E-state index contributed by atoms with van der Waals surface area (Å²) in [6.07, 6.45) is 1.74. The Bertz CT molecular complexity index is 772. The van der Waals surface area contributed by atoms with Gasteiger partial charge in [0.15, 0.2) is 5.65 Å². The first-order chi connectivity index (χ1) is 9.56. The molecule has 0 saturated heterocycles. The molecule has 2 aromatic heterocycles. The molecule has 102 valence electrons. The molecule has 0 unspecified atom stereocenters. The number of pyridine rings is 1. The number of rotatable bonds is 2. The van der Waals surface area contributed by atoms with Crippen LogP contribution in [0.15, 0.2) is 30.5 Å². The number of imidazole rings is 1. The molecule has 0 radical (unpaired) electrons. The van der Waals surface area contributed by atoms with Gasteiger partial charge in [-0.2, -0.15) is 0 Å². The van der Waals surface area contributed by atoms with E-state index in [9.17, 15) is 0 Å². The molecule has 0 amide bonds. The average molecular weight is 327 g/mol. The molecule has 0 atom stereocenters. The van der Waals surface area contributed by atoms with Gasteiger partial charge in [0.05, 0.1) is 6.54 Å². The molecule has 3 aromatic rings. The van der Waals surface area contributed by atoms with E-state index in [4.69, 9.17) is 34.8 Å². The van der Waals surface area contributed by atoms with Gasteiger partial charge in [-0.25, -0.2) is 9.97 Å². The van der Waals surface area contributed by atoms with Crippen molar-refractivity contribution in [3.63, 3.8) is 0 Å². The second kappa shape index (κ2) is 5.24. The van der Waals surface area contributed by atoms with Crippen molar-refractivity contribution >= 4 is 46.0 Å². The minimum atomic E-state index is 0.508. The first kappa shape index (κ1) is 13.7. The Morgan fingerprint density at radius 2 is 1.85 bits per heavy atom. The van der Waals surface area contributed by atoms with E-state index in [0.717, 1.165) is 22.6 Å². The lowest BCUT2D eigenvalue weighted by Crippen LogP contribution is -2.04. The molecule has 0 bridgehead atoms. The number of aromatic nitrogens is 3. The van der Waals surface area contributed by atoms with Gasteiger partial charge in [-0.3, -0.25) is 0 Å². The van der Waals surface area contributed by atoms with Crippen LogP contribution in [0, 0.1) is 6.92 Å². The lowest BCUT2D eigenvalue weighted by molar-refractivity contribution is 0.778. The molecule has 3 rings (SSSR count). The Morgan fingerprint density at radius 1 is 1.15 bits per heavy atom. The maximum absolute atomic E-state index is 6.23. The van der Waals surface area contributed by atoms with Crippen LogP contribution in [0.4, 0.5) is 0 Å². The van der Waals surface area contributed by atoms with Crippen molar-refractivity contribution in [3.8, 4) is 0 Å². The second-order valence-corrected chi connectivity index (χ2v) is 5.69. The molecule has 0 aliphatic carbocycles. The predicted molar refractivity (Wildman–Crippen MR) is 82.8 cm³/mol. The molecule has 6 heteroatoms. The van der Waals surface area contributed by atoms with E-state index in [0.29, 0.717) is 21.6 Å². The fourth-order valence-corrected chi connectivity index (χ4v) is 3.08. The van der Waals surface area contributed by atoms with Crippen molar-refractivity contribution in [2.24, 2.45) is 0 Å². The molecule has 0 N–H and O–H groups in total. The van der Waals surface area contributed by atoms with Crippen LogP contribution in [0.2, 0.25) is 15.1 Å². The van der Waals surface area contributed by atoms with Gasteiger partial charge < -0.3 is 4.57 Å². The van der Waals surface area contributed by atoms with Crippen molar-refractivity contribution in [2.45, 2.75) is 13.5 Å². The molecule has 0 spiro atoms. The summed E-state index contributed by atoms with van der Waals surface area (Å²) in [7, 11) is 0. The summed E-state index contributed by atoms with van der Waals surface area (Å²) >= 11 is 18.4. The van der Waals surface area contributed by atoms with Gasteiger partial charge in [0, 0.05) is 26.8 Å². The van der Waals surface area contributed by atoms with Gasteiger partial charge in [0.2, 0.25) is 0 Å². The van der Waals surface area contributed by atoms with Crippen molar-refractivity contribution < 1.29 is 0 Å². The number of hydrogen-bond acceptors (Lipinski definition) is 2. The lowest BCUT2D eigenvalue weighted by atomic mass is 10.2. The third kappa shape index (κ3) is 2.37. The molecular weight excluding hydrogens is 317 g/mol. The van der Waals surface area contributed by atoms with Crippen LogP contribution in [0.5, 0.6) is 0 Å². The number of halogens is 3. The first-order valence-electron chi connectivity index (χ1n) is 5.97. The average Bonchev–Trinajstić information content (AvgIpc) is 2.69. The van der Waals surface area contributed by atoms with Gasteiger partial charge in [0.25, 0.3) is 0 Å². The lowest BCUT2D eigenvalue weighted by Gasteiger charge is -2.10. The van der Waals surface area contributed by atoms with E-state index in [1.54, 1.807) is 18.3 Å². The highest BCUT2D eigenvalue weighted by Crippen LogP contribution is 2.30. The zero-order valence-electron chi connectivity index (χ0n) is 10.6. The summed E-state index contributed by atoms with van der Waals surface area (Å²) < 4.78 is 1.98. The Balaban J connectivity index is 2.12. The van der Waals surface area contributed by atoms with Crippen LogP contribution in [0.1, 0.15) is 11.4 Å². The fourth-order valence-electron chi connectivity index (χ4n) is 2.14. The Hall–Kier alpha value is -1.29. The summed E-state index contributed by atoms with van der Waals surface area (Å²) in [5.41, 5.74) is 2.48.